The predicted octanol–water partition coefficient (Wildman–Crippen LogP) is 3.24. The summed E-state index contributed by atoms with van der Waals surface area (Å²) in [5.74, 6) is -0.915. The van der Waals surface area contributed by atoms with Gasteiger partial charge in [0, 0.05) is 35.8 Å². The van der Waals surface area contributed by atoms with E-state index in [1.165, 1.54) is 19.2 Å². The van der Waals surface area contributed by atoms with E-state index in [9.17, 15) is 18.8 Å². The zero-order chi connectivity index (χ0) is 27.0. The Kier molecular flexibility index (Phi) is 7.43. The first-order valence-electron chi connectivity index (χ1n) is 13.4. The molecule has 0 radical (unpaired) electrons. The van der Waals surface area contributed by atoms with Crippen LogP contribution in [-0.4, -0.2) is 77.6 Å². The van der Waals surface area contributed by atoms with Crippen LogP contribution in [0.1, 0.15) is 50.5 Å². The average molecular weight is 526 g/mol. The molecule has 0 spiro atoms. The van der Waals surface area contributed by atoms with E-state index in [4.69, 9.17) is 4.74 Å². The van der Waals surface area contributed by atoms with Gasteiger partial charge in [-0.3, -0.25) is 14.5 Å². The minimum atomic E-state index is -0.660. The molecule has 1 aliphatic carbocycles. The number of aromatic amines is 1. The maximum absolute atomic E-state index is 14.3. The smallest absolute Gasteiger partial charge is 0.410 e. The summed E-state index contributed by atoms with van der Waals surface area (Å²) in [4.78, 5) is 46.4. The van der Waals surface area contributed by atoms with Gasteiger partial charge in [0.1, 0.15) is 11.9 Å². The standard InChI is InChI=1S/C28H36FN5O4/c1-16(30-2)26(35)32-24(17-7-5-4-6-8-17)27(36)33-12-11-23-25(33)21(15-34(23)28(37)38-3)20-14-31-22-13-18(29)9-10-19(20)22/h9-14,16-17,21,23-25,30-31H,4-8,15H2,1-3H3,(H,32,35). The number of amides is 3. The number of nitrogens with zero attached hydrogens (tertiary/aromatic N) is 2. The third-order valence-corrected chi connectivity index (χ3v) is 8.53. The van der Waals surface area contributed by atoms with Gasteiger partial charge in [0.2, 0.25) is 11.8 Å². The Morgan fingerprint density at radius 2 is 1.95 bits per heavy atom. The van der Waals surface area contributed by atoms with Crippen molar-refractivity contribution in [2.75, 3.05) is 20.7 Å². The summed E-state index contributed by atoms with van der Waals surface area (Å²) in [6.07, 6.45) is 9.92. The third kappa shape index (κ3) is 4.66. The van der Waals surface area contributed by atoms with Crippen LogP contribution in [0.4, 0.5) is 9.18 Å². The highest BCUT2D eigenvalue weighted by molar-refractivity contribution is 5.91. The van der Waals surface area contributed by atoms with E-state index in [0.29, 0.717) is 12.1 Å². The van der Waals surface area contributed by atoms with Crippen LogP contribution in [0.5, 0.6) is 0 Å². The highest BCUT2D eigenvalue weighted by atomic mass is 19.1. The second-order valence-electron chi connectivity index (χ2n) is 10.6. The maximum atomic E-state index is 14.3. The molecular weight excluding hydrogens is 489 g/mol. The fraction of sp³-hybridized carbons (Fsp3) is 0.536. The third-order valence-electron chi connectivity index (χ3n) is 8.53. The minimum Gasteiger partial charge on any atom is -0.453 e. The molecule has 5 atom stereocenters. The number of likely N-dealkylation sites (tertiary alicyclic amines) is 1. The van der Waals surface area contributed by atoms with Crippen LogP contribution in [0.15, 0.2) is 36.7 Å². The lowest BCUT2D eigenvalue weighted by Crippen LogP contribution is -2.57. The van der Waals surface area contributed by atoms with Crippen molar-refractivity contribution < 1.29 is 23.5 Å². The zero-order valence-corrected chi connectivity index (χ0v) is 22.1. The number of carbonyl (C=O) groups is 3. The number of rotatable bonds is 6. The number of ether oxygens (including phenoxy) is 1. The lowest BCUT2D eigenvalue weighted by Gasteiger charge is -2.36. The largest absolute Gasteiger partial charge is 0.453 e. The van der Waals surface area contributed by atoms with Gasteiger partial charge in [0.15, 0.2) is 0 Å². The summed E-state index contributed by atoms with van der Waals surface area (Å²) in [6.45, 7) is 2.11. The number of benzene rings is 1. The average Bonchev–Trinajstić information content (AvgIpc) is 3.65. The highest BCUT2D eigenvalue weighted by Gasteiger charge is 2.52. The minimum absolute atomic E-state index is 0.0457. The van der Waals surface area contributed by atoms with Crippen molar-refractivity contribution in [1.82, 2.24) is 25.4 Å². The van der Waals surface area contributed by atoms with Crippen LogP contribution in [0.3, 0.4) is 0 Å². The molecule has 3 aliphatic rings. The van der Waals surface area contributed by atoms with Crippen molar-refractivity contribution >= 4 is 28.8 Å². The molecule has 1 saturated heterocycles. The number of methoxy groups -OCH3 is 1. The highest BCUT2D eigenvalue weighted by Crippen LogP contribution is 2.43. The van der Waals surface area contributed by atoms with Gasteiger partial charge in [-0.2, -0.15) is 0 Å². The van der Waals surface area contributed by atoms with E-state index in [0.717, 1.165) is 43.1 Å². The summed E-state index contributed by atoms with van der Waals surface area (Å²) in [7, 11) is 3.06. The van der Waals surface area contributed by atoms with Crippen LogP contribution < -0.4 is 10.6 Å². The van der Waals surface area contributed by atoms with Gasteiger partial charge in [0.25, 0.3) is 0 Å². The van der Waals surface area contributed by atoms with Crippen molar-refractivity contribution in [3.8, 4) is 0 Å². The molecule has 0 bridgehead atoms. The fourth-order valence-electron chi connectivity index (χ4n) is 6.38. The van der Waals surface area contributed by atoms with Gasteiger partial charge >= 0.3 is 6.09 Å². The SMILES string of the molecule is CNC(C)C(=O)NC(C(=O)N1C=CC2C1C(c1c[nH]c3cc(F)ccc13)CN2C(=O)OC)C1CCCCC1. The van der Waals surface area contributed by atoms with Crippen LogP contribution in [0, 0.1) is 11.7 Å². The van der Waals surface area contributed by atoms with Crippen LogP contribution in [0.25, 0.3) is 10.9 Å². The molecule has 204 valence electrons. The number of carbonyl (C=O) groups excluding carboxylic acids is 3. The number of aromatic nitrogens is 1. The molecule has 2 aliphatic heterocycles. The van der Waals surface area contributed by atoms with E-state index < -0.39 is 18.2 Å². The van der Waals surface area contributed by atoms with Crippen LogP contribution >= 0.6 is 0 Å². The number of H-pyrrole nitrogens is 1. The number of halogens is 1. The van der Waals surface area contributed by atoms with Gasteiger partial charge in [-0.05, 0) is 62.6 Å². The Morgan fingerprint density at radius 3 is 2.66 bits per heavy atom. The lowest BCUT2D eigenvalue weighted by molar-refractivity contribution is -0.138. The Morgan fingerprint density at radius 1 is 1.18 bits per heavy atom. The second kappa shape index (κ2) is 10.8. The van der Waals surface area contributed by atoms with Gasteiger partial charge < -0.3 is 25.3 Å². The molecule has 9 nitrogen and oxygen atoms in total. The molecule has 3 heterocycles. The molecular formula is C28H36FN5O4. The second-order valence-corrected chi connectivity index (χ2v) is 10.6. The molecule has 1 saturated carbocycles. The van der Waals surface area contributed by atoms with E-state index in [1.54, 1.807) is 36.0 Å². The molecule has 3 N–H and O–H groups in total. The number of nitrogens with one attached hydrogen (secondary N) is 3. The van der Waals surface area contributed by atoms with E-state index >= 15 is 0 Å². The molecule has 5 unspecified atom stereocenters. The summed E-state index contributed by atoms with van der Waals surface area (Å²) >= 11 is 0. The fourth-order valence-corrected chi connectivity index (χ4v) is 6.38. The van der Waals surface area contributed by atoms with Crippen molar-refractivity contribution in [2.45, 2.75) is 69.1 Å². The van der Waals surface area contributed by atoms with Crippen LogP contribution in [0.2, 0.25) is 0 Å². The van der Waals surface area contributed by atoms with E-state index in [-0.39, 0.29) is 41.6 Å². The summed E-state index contributed by atoms with van der Waals surface area (Å²) in [5.41, 5.74) is 1.57. The zero-order valence-electron chi connectivity index (χ0n) is 22.1. The predicted molar refractivity (Wildman–Crippen MR) is 141 cm³/mol. The van der Waals surface area contributed by atoms with Gasteiger partial charge in [-0.1, -0.05) is 19.3 Å². The summed E-state index contributed by atoms with van der Waals surface area (Å²) in [5, 5.41) is 6.84. The first kappa shape index (κ1) is 26.2. The van der Waals surface area contributed by atoms with Crippen LogP contribution in [-0.2, 0) is 14.3 Å². The Bertz CT molecular complexity index is 1240. The van der Waals surface area contributed by atoms with Gasteiger partial charge in [0.05, 0.1) is 25.2 Å². The number of likely N-dealkylation sites (N-methyl/N-ethyl adjacent to an activating group) is 1. The first-order valence-corrected chi connectivity index (χ1v) is 13.4. The molecule has 5 rings (SSSR count). The molecule has 3 amide bonds. The van der Waals surface area contributed by atoms with Crippen molar-refractivity contribution in [1.29, 1.82) is 0 Å². The Balaban J connectivity index is 1.50. The van der Waals surface area contributed by atoms with Crippen molar-refractivity contribution in [3.05, 3.63) is 48.1 Å². The molecule has 1 aromatic heterocycles. The quantitative estimate of drug-likeness (QED) is 0.537. The molecule has 2 aromatic rings. The van der Waals surface area contributed by atoms with Gasteiger partial charge in [-0.25, -0.2) is 9.18 Å². The van der Waals surface area contributed by atoms with Gasteiger partial charge in [-0.15, -0.1) is 0 Å². The molecule has 1 aromatic carbocycles. The first-order chi connectivity index (χ1) is 18.3. The van der Waals surface area contributed by atoms with Crippen molar-refractivity contribution in [3.63, 3.8) is 0 Å². The maximum Gasteiger partial charge on any atom is 0.410 e. The molecule has 10 heteroatoms. The number of hydrogen-bond acceptors (Lipinski definition) is 5. The summed E-state index contributed by atoms with van der Waals surface area (Å²) < 4.78 is 18.9. The van der Waals surface area contributed by atoms with E-state index in [1.807, 2.05) is 12.3 Å². The Hall–Kier alpha value is -3.40. The van der Waals surface area contributed by atoms with E-state index in [2.05, 4.69) is 15.6 Å². The monoisotopic (exact) mass is 525 g/mol. The number of hydrogen-bond donors (Lipinski definition) is 3. The van der Waals surface area contributed by atoms with Crippen molar-refractivity contribution in [2.24, 2.45) is 5.92 Å². The summed E-state index contributed by atoms with van der Waals surface area (Å²) in [6, 6.07) is 2.73. The molecule has 2 fully saturated rings. The normalized spacial score (nSPS) is 24.9. The Labute approximate surface area is 221 Å². The lowest BCUT2D eigenvalue weighted by atomic mass is 9.82. The molecule has 38 heavy (non-hydrogen) atoms. The number of fused-ring (bicyclic) bond motifs is 2. The topological polar surface area (TPSA) is 107 Å².